The lowest BCUT2D eigenvalue weighted by Crippen LogP contribution is -2.06. The number of fused-ring (bicyclic) bond motifs is 9. The van der Waals surface area contributed by atoms with Gasteiger partial charge in [0, 0.05) is 0 Å². The van der Waals surface area contributed by atoms with Gasteiger partial charge in [-0.1, -0.05) is 148 Å². The summed E-state index contributed by atoms with van der Waals surface area (Å²) in [4.78, 5) is 0. The third kappa shape index (κ3) is 5.03. The molecular weight excluding hydrogens is 589 g/mol. The predicted molar refractivity (Wildman–Crippen MR) is 210 cm³/mol. The largest absolute Gasteiger partial charge is 0.0616 e. The topological polar surface area (TPSA) is 0 Å². The molecule has 0 bridgehead atoms. The quantitative estimate of drug-likeness (QED) is 0.169. The normalized spacial score (nSPS) is 16.7. The molecule has 0 spiro atoms. The van der Waals surface area contributed by atoms with E-state index in [0.29, 0.717) is 5.92 Å². The highest BCUT2D eigenvalue weighted by molar-refractivity contribution is 6.25. The van der Waals surface area contributed by atoms with Gasteiger partial charge in [0.1, 0.15) is 0 Å². The molecular formula is C49H44. The van der Waals surface area contributed by atoms with E-state index in [1.54, 1.807) is 11.1 Å². The highest BCUT2D eigenvalue weighted by atomic mass is 14.3. The summed E-state index contributed by atoms with van der Waals surface area (Å²) in [6, 6.07) is 47.1. The van der Waals surface area contributed by atoms with Crippen LogP contribution < -0.4 is 0 Å². The molecule has 7 aromatic carbocycles. The van der Waals surface area contributed by atoms with Gasteiger partial charge in [0.15, 0.2) is 0 Å². The second-order valence-electron chi connectivity index (χ2n) is 15.3. The van der Waals surface area contributed by atoms with Gasteiger partial charge in [-0.15, -0.1) is 0 Å². The second kappa shape index (κ2) is 12.0. The van der Waals surface area contributed by atoms with E-state index >= 15 is 0 Å². The molecule has 0 heteroatoms. The van der Waals surface area contributed by atoms with Gasteiger partial charge in [0.2, 0.25) is 0 Å². The first-order valence-electron chi connectivity index (χ1n) is 19.0. The molecule has 0 unspecified atom stereocenters. The van der Waals surface area contributed by atoms with E-state index in [4.69, 9.17) is 0 Å². The van der Waals surface area contributed by atoms with Crippen LogP contribution in [0.1, 0.15) is 98.3 Å². The van der Waals surface area contributed by atoms with Crippen LogP contribution in [-0.4, -0.2) is 0 Å². The molecule has 3 aliphatic carbocycles. The van der Waals surface area contributed by atoms with Crippen molar-refractivity contribution in [2.45, 2.75) is 82.5 Å². The second-order valence-corrected chi connectivity index (χ2v) is 15.3. The van der Waals surface area contributed by atoms with E-state index in [1.165, 1.54) is 141 Å². The number of hydrogen-bond donors (Lipinski definition) is 0. The molecule has 0 aromatic heterocycles. The van der Waals surface area contributed by atoms with Crippen molar-refractivity contribution in [3.63, 3.8) is 0 Å². The van der Waals surface area contributed by atoms with Gasteiger partial charge >= 0.3 is 0 Å². The third-order valence-electron chi connectivity index (χ3n) is 12.5. The fraction of sp³-hybridized carbons (Fsp3) is 0.265. The Labute approximate surface area is 290 Å². The summed E-state index contributed by atoms with van der Waals surface area (Å²) in [6.45, 7) is 0. The molecule has 3 aliphatic rings. The lowest BCUT2D eigenvalue weighted by molar-refractivity contribution is 0.443. The Balaban J connectivity index is 1.11. The molecule has 0 N–H and O–H groups in total. The summed E-state index contributed by atoms with van der Waals surface area (Å²) < 4.78 is 0. The predicted octanol–water partition coefficient (Wildman–Crippen LogP) is 14.1. The monoisotopic (exact) mass is 632 g/mol. The van der Waals surface area contributed by atoms with Crippen LogP contribution in [0.3, 0.4) is 0 Å². The standard InChI is InChI=1S/C49H44/c1-3-12-32(13-4-1)35-22-23-38-29-48-46(30-39(31-49(48)45(38)27-35)33-14-5-2-6-15-33)37-17-11-16-34(26-37)36-24-25-44-42-20-8-7-18-40(42)41-19-9-10-21-43(41)47(44)28-36/h7-11,16-28,30-33H,1-6,12-15,29H2. The SMILES string of the molecule is c1cc(-c2ccc3c4ccccc4c4ccccc4c3c2)cc(-c2cc(C3CCCCC3)cc3c2Cc2ccc(C4CCCCC4)cc2-3)c1. The van der Waals surface area contributed by atoms with Crippen molar-refractivity contribution in [2.75, 3.05) is 0 Å². The van der Waals surface area contributed by atoms with Crippen LogP contribution in [0.2, 0.25) is 0 Å². The van der Waals surface area contributed by atoms with Gasteiger partial charge in [0.25, 0.3) is 0 Å². The zero-order valence-electron chi connectivity index (χ0n) is 28.5. The van der Waals surface area contributed by atoms with Crippen LogP contribution in [0.25, 0.3) is 65.7 Å². The average Bonchev–Trinajstić information content (AvgIpc) is 3.56. The van der Waals surface area contributed by atoms with Crippen LogP contribution in [0.5, 0.6) is 0 Å². The molecule has 0 atom stereocenters. The van der Waals surface area contributed by atoms with Crippen molar-refractivity contribution in [3.05, 3.63) is 144 Å². The van der Waals surface area contributed by atoms with Crippen LogP contribution in [0.4, 0.5) is 0 Å². The van der Waals surface area contributed by atoms with Crippen LogP contribution >= 0.6 is 0 Å². The maximum atomic E-state index is 2.62. The molecule has 0 nitrogen and oxygen atoms in total. The summed E-state index contributed by atoms with van der Waals surface area (Å²) in [5.74, 6) is 1.41. The van der Waals surface area contributed by atoms with E-state index in [9.17, 15) is 0 Å². The Hall–Kier alpha value is -4.68. The molecule has 0 radical (unpaired) electrons. The molecule has 0 amide bonds. The first kappa shape index (κ1) is 29.3. The van der Waals surface area contributed by atoms with E-state index in [0.717, 1.165) is 12.3 Å². The van der Waals surface area contributed by atoms with Crippen molar-refractivity contribution >= 4 is 32.3 Å². The van der Waals surface area contributed by atoms with Crippen molar-refractivity contribution < 1.29 is 0 Å². The van der Waals surface area contributed by atoms with Crippen molar-refractivity contribution in [1.29, 1.82) is 0 Å². The Kier molecular flexibility index (Phi) is 7.18. The van der Waals surface area contributed by atoms with Gasteiger partial charge in [-0.25, -0.2) is 0 Å². The minimum Gasteiger partial charge on any atom is -0.0616 e. The number of benzene rings is 7. The van der Waals surface area contributed by atoms with E-state index in [1.807, 2.05) is 0 Å². The molecule has 49 heavy (non-hydrogen) atoms. The van der Waals surface area contributed by atoms with E-state index in [2.05, 4.69) is 121 Å². The first-order chi connectivity index (χ1) is 24.3. The molecule has 2 saturated carbocycles. The van der Waals surface area contributed by atoms with Crippen molar-refractivity contribution in [2.24, 2.45) is 0 Å². The Morgan fingerprint density at radius 2 is 0.898 bits per heavy atom. The van der Waals surface area contributed by atoms with Crippen LogP contribution in [0, 0.1) is 0 Å². The fourth-order valence-electron chi connectivity index (χ4n) is 9.89. The highest BCUT2D eigenvalue weighted by Gasteiger charge is 2.27. The minimum atomic E-state index is 0.676. The fourth-order valence-corrected chi connectivity index (χ4v) is 9.89. The lowest BCUT2D eigenvalue weighted by atomic mass is 9.80. The van der Waals surface area contributed by atoms with Crippen LogP contribution in [0.15, 0.2) is 121 Å². The third-order valence-corrected chi connectivity index (χ3v) is 12.5. The molecule has 0 saturated heterocycles. The molecule has 7 aromatic rings. The van der Waals surface area contributed by atoms with Gasteiger partial charge in [-0.05, 0) is 144 Å². The summed E-state index contributed by atoms with van der Waals surface area (Å²) in [7, 11) is 0. The van der Waals surface area contributed by atoms with Gasteiger partial charge < -0.3 is 0 Å². The zero-order chi connectivity index (χ0) is 32.3. The molecule has 240 valence electrons. The van der Waals surface area contributed by atoms with Crippen molar-refractivity contribution in [1.82, 2.24) is 0 Å². The zero-order valence-corrected chi connectivity index (χ0v) is 28.5. The van der Waals surface area contributed by atoms with Gasteiger partial charge in [-0.3, -0.25) is 0 Å². The Morgan fingerprint density at radius 1 is 0.347 bits per heavy atom. The van der Waals surface area contributed by atoms with Gasteiger partial charge in [-0.2, -0.15) is 0 Å². The van der Waals surface area contributed by atoms with Crippen molar-refractivity contribution in [3.8, 4) is 33.4 Å². The molecule has 2 fully saturated rings. The first-order valence-corrected chi connectivity index (χ1v) is 19.0. The van der Waals surface area contributed by atoms with Gasteiger partial charge in [0.05, 0.1) is 0 Å². The summed E-state index contributed by atoms with van der Waals surface area (Å²) in [6.07, 6.45) is 14.7. The molecule has 0 heterocycles. The van der Waals surface area contributed by atoms with E-state index < -0.39 is 0 Å². The maximum absolute atomic E-state index is 2.62. The maximum Gasteiger partial charge on any atom is -0.000728 e. The summed E-state index contributed by atoms with van der Waals surface area (Å²) in [5, 5.41) is 7.99. The summed E-state index contributed by atoms with van der Waals surface area (Å²) >= 11 is 0. The highest BCUT2D eigenvalue weighted by Crippen LogP contribution is 2.47. The number of rotatable bonds is 4. The van der Waals surface area contributed by atoms with E-state index in [-0.39, 0.29) is 0 Å². The molecule has 10 rings (SSSR count). The van der Waals surface area contributed by atoms with Crippen LogP contribution in [-0.2, 0) is 6.42 Å². The molecule has 0 aliphatic heterocycles. The summed E-state index contributed by atoms with van der Waals surface area (Å²) in [5.41, 5.74) is 14.6. The average molecular weight is 633 g/mol. The lowest BCUT2D eigenvalue weighted by Gasteiger charge is -2.24. The number of hydrogen-bond acceptors (Lipinski definition) is 0. The minimum absolute atomic E-state index is 0.676. The Bertz CT molecular complexity index is 2340. The smallest absolute Gasteiger partial charge is 0.000728 e. The Morgan fingerprint density at radius 3 is 1.59 bits per heavy atom.